The van der Waals surface area contributed by atoms with E-state index in [-0.39, 0.29) is 5.82 Å². The summed E-state index contributed by atoms with van der Waals surface area (Å²) >= 11 is 0. The maximum Gasteiger partial charge on any atom is 0.174 e. The molecule has 0 bridgehead atoms. The minimum Gasteiger partial charge on any atom is -0.356 e. The molecule has 0 amide bonds. The molecule has 1 aromatic carbocycles. The molecule has 0 fully saturated rings. The maximum absolute atomic E-state index is 13.5. The van der Waals surface area contributed by atoms with Crippen molar-refractivity contribution < 1.29 is 8.91 Å². The number of hydrogen-bond donors (Lipinski definition) is 1. The summed E-state index contributed by atoms with van der Waals surface area (Å²) in [5.74, 6) is 0.274. The third-order valence-corrected chi connectivity index (χ3v) is 2.58. The van der Waals surface area contributed by atoms with Gasteiger partial charge in [0, 0.05) is 18.7 Å². The van der Waals surface area contributed by atoms with E-state index in [2.05, 4.69) is 10.5 Å². The van der Waals surface area contributed by atoms with Gasteiger partial charge < -0.3 is 9.84 Å². The summed E-state index contributed by atoms with van der Waals surface area (Å²) in [6.45, 7) is 1.40. The number of rotatable bonds is 1. The van der Waals surface area contributed by atoms with Crippen molar-refractivity contribution >= 4 is 0 Å². The van der Waals surface area contributed by atoms with Gasteiger partial charge in [-0.15, -0.1) is 0 Å². The topological polar surface area (TPSA) is 38.1 Å². The number of nitrogens with one attached hydrogen (secondary N) is 1. The lowest BCUT2D eigenvalue weighted by atomic mass is 10.1. The maximum atomic E-state index is 13.5. The summed E-state index contributed by atoms with van der Waals surface area (Å²) in [4.78, 5) is 0. The van der Waals surface area contributed by atoms with Crippen molar-refractivity contribution in [1.82, 2.24) is 10.5 Å². The van der Waals surface area contributed by atoms with E-state index < -0.39 is 0 Å². The number of aromatic nitrogens is 1. The molecule has 0 unspecified atom stereocenters. The first-order valence-electron chi connectivity index (χ1n) is 4.79. The number of benzene rings is 1. The SMILES string of the molecule is Fc1ccccc1-c1onc2c1CNC2. The zero-order chi connectivity index (χ0) is 10.3. The molecule has 76 valence electrons. The lowest BCUT2D eigenvalue weighted by Gasteiger charge is -1.99. The Morgan fingerprint density at radius 3 is 3.00 bits per heavy atom. The lowest BCUT2D eigenvalue weighted by molar-refractivity contribution is 0.415. The van der Waals surface area contributed by atoms with Crippen LogP contribution in [0.3, 0.4) is 0 Å². The van der Waals surface area contributed by atoms with Crippen LogP contribution >= 0.6 is 0 Å². The van der Waals surface area contributed by atoms with Gasteiger partial charge in [0.1, 0.15) is 11.5 Å². The summed E-state index contributed by atoms with van der Waals surface area (Å²) in [5, 5.41) is 7.06. The Morgan fingerprint density at radius 2 is 2.13 bits per heavy atom. The standard InChI is InChI=1S/C11H9FN2O/c12-9-4-2-1-3-7(9)11-8-5-13-6-10(8)14-15-11/h1-4,13H,5-6H2. The predicted molar refractivity (Wildman–Crippen MR) is 52.4 cm³/mol. The zero-order valence-corrected chi connectivity index (χ0v) is 7.96. The fourth-order valence-corrected chi connectivity index (χ4v) is 1.83. The van der Waals surface area contributed by atoms with Crippen LogP contribution < -0.4 is 5.32 Å². The summed E-state index contributed by atoms with van der Waals surface area (Å²) in [6, 6.07) is 6.57. The second-order valence-electron chi connectivity index (χ2n) is 3.52. The van der Waals surface area contributed by atoms with Crippen molar-refractivity contribution in [3.05, 3.63) is 41.3 Å². The second kappa shape index (κ2) is 3.17. The minimum atomic E-state index is -0.275. The van der Waals surface area contributed by atoms with Gasteiger partial charge in [-0.2, -0.15) is 0 Å². The van der Waals surface area contributed by atoms with E-state index in [1.165, 1.54) is 6.07 Å². The average molecular weight is 204 g/mol. The van der Waals surface area contributed by atoms with Crippen LogP contribution in [0.2, 0.25) is 0 Å². The monoisotopic (exact) mass is 204 g/mol. The van der Waals surface area contributed by atoms with Crippen LogP contribution in [-0.2, 0) is 13.1 Å². The molecule has 1 aromatic heterocycles. The normalized spacial score (nSPS) is 14.2. The molecule has 1 aliphatic rings. The summed E-state index contributed by atoms with van der Waals surface area (Å²) in [6.07, 6.45) is 0. The number of fused-ring (bicyclic) bond motifs is 1. The molecule has 0 aliphatic carbocycles. The van der Waals surface area contributed by atoms with Gasteiger partial charge in [-0.05, 0) is 12.1 Å². The van der Waals surface area contributed by atoms with Crippen LogP contribution in [0.15, 0.2) is 28.8 Å². The first-order chi connectivity index (χ1) is 7.36. The molecule has 0 saturated carbocycles. The van der Waals surface area contributed by atoms with E-state index in [9.17, 15) is 4.39 Å². The number of halogens is 1. The molecule has 2 heterocycles. The molecular formula is C11H9FN2O. The van der Waals surface area contributed by atoms with Crippen LogP contribution in [0.25, 0.3) is 11.3 Å². The first kappa shape index (κ1) is 8.61. The molecule has 3 rings (SSSR count). The minimum absolute atomic E-state index is 0.275. The molecule has 0 radical (unpaired) electrons. The Morgan fingerprint density at radius 1 is 1.27 bits per heavy atom. The molecule has 2 aromatic rings. The third kappa shape index (κ3) is 1.26. The third-order valence-electron chi connectivity index (χ3n) is 2.58. The molecule has 1 aliphatic heterocycles. The van der Waals surface area contributed by atoms with Crippen molar-refractivity contribution in [2.75, 3.05) is 0 Å². The zero-order valence-electron chi connectivity index (χ0n) is 7.96. The fraction of sp³-hybridized carbons (Fsp3) is 0.182. The van der Waals surface area contributed by atoms with Gasteiger partial charge >= 0.3 is 0 Å². The average Bonchev–Trinajstić information content (AvgIpc) is 2.80. The molecule has 4 heteroatoms. The highest BCUT2D eigenvalue weighted by molar-refractivity contribution is 5.63. The van der Waals surface area contributed by atoms with E-state index in [0.29, 0.717) is 24.4 Å². The quantitative estimate of drug-likeness (QED) is 0.772. The van der Waals surface area contributed by atoms with E-state index in [0.717, 1.165) is 11.3 Å². The molecule has 3 nitrogen and oxygen atoms in total. The number of nitrogens with zero attached hydrogens (tertiary/aromatic N) is 1. The largest absolute Gasteiger partial charge is 0.356 e. The first-order valence-corrected chi connectivity index (χ1v) is 4.79. The Hall–Kier alpha value is -1.68. The van der Waals surface area contributed by atoms with Crippen LogP contribution in [0, 0.1) is 5.82 Å². The highest BCUT2D eigenvalue weighted by Gasteiger charge is 2.22. The highest BCUT2D eigenvalue weighted by atomic mass is 19.1. The van der Waals surface area contributed by atoms with Gasteiger partial charge in [0.15, 0.2) is 5.76 Å². The van der Waals surface area contributed by atoms with E-state index >= 15 is 0 Å². The lowest BCUT2D eigenvalue weighted by Crippen LogP contribution is -2.02. The molecule has 1 N–H and O–H groups in total. The molecule has 15 heavy (non-hydrogen) atoms. The van der Waals surface area contributed by atoms with Gasteiger partial charge in [0.25, 0.3) is 0 Å². The van der Waals surface area contributed by atoms with Gasteiger partial charge in [-0.1, -0.05) is 17.3 Å². The van der Waals surface area contributed by atoms with Crippen LogP contribution in [0.1, 0.15) is 11.3 Å². The summed E-state index contributed by atoms with van der Waals surface area (Å²) in [5.41, 5.74) is 2.34. The van der Waals surface area contributed by atoms with Crippen LogP contribution in [0.5, 0.6) is 0 Å². The van der Waals surface area contributed by atoms with E-state index in [1.807, 2.05) is 0 Å². The second-order valence-corrected chi connectivity index (χ2v) is 3.52. The fourth-order valence-electron chi connectivity index (χ4n) is 1.83. The van der Waals surface area contributed by atoms with Crippen molar-refractivity contribution in [3.8, 4) is 11.3 Å². The van der Waals surface area contributed by atoms with Gasteiger partial charge in [-0.25, -0.2) is 4.39 Å². The van der Waals surface area contributed by atoms with Crippen molar-refractivity contribution in [2.45, 2.75) is 13.1 Å². The van der Waals surface area contributed by atoms with Gasteiger partial charge in [0.05, 0.1) is 5.56 Å². The Bertz CT molecular complexity index is 507. The van der Waals surface area contributed by atoms with Crippen molar-refractivity contribution in [1.29, 1.82) is 0 Å². The number of hydrogen-bond acceptors (Lipinski definition) is 3. The smallest absolute Gasteiger partial charge is 0.174 e. The Labute approximate surface area is 85.9 Å². The van der Waals surface area contributed by atoms with Gasteiger partial charge in [-0.3, -0.25) is 0 Å². The molecule has 0 spiro atoms. The molecular weight excluding hydrogens is 195 g/mol. The van der Waals surface area contributed by atoms with Crippen LogP contribution in [0.4, 0.5) is 4.39 Å². The Kier molecular flexibility index (Phi) is 1.82. The van der Waals surface area contributed by atoms with Crippen LogP contribution in [-0.4, -0.2) is 5.16 Å². The summed E-state index contributed by atoms with van der Waals surface area (Å²) < 4.78 is 18.7. The van der Waals surface area contributed by atoms with Gasteiger partial charge in [0.2, 0.25) is 0 Å². The summed E-state index contributed by atoms with van der Waals surface area (Å²) in [7, 11) is 0. The Balaban J connectivity index is 2.17. The predicted octanol–water partition coefficient (Wildman–Crippen LogP) is 2.08. The highest BCUT2D eigenvalue weighted by Crippen LogP contribution is 2.30. The molecule has 0 atom stereocenters. The molecule has 0 saturated heterocycles. The van der Waals surface area contributed by atoms with E-state index in [4.69, 9.17) is 4.52 Å². The van der Waals surface area contributed by atoms with Crippen molar-refractivity contribution in [2.24, 2.45) is 0 Å². The van der Waals surface area contributed by atoms with Crippen molar-refractivity contribution in [3.63, 3.8) is 0 Å². The van der Waals surface area contributed by atoms with E-state index in [1.54, 1.807) is 18.2 Å².